The monoisotopic (exact) mass is 808 g/mol. The first kappa shape index (κ1) is 42.4. The first-order chi connectivity index (χ1) is 26.5. The van der Waals surface area contributed by atoms with Gasteiger partial charge in [0.25, 0.3) is 31.5 Å². The Labute approximate surface area is 322 Å². The smallest absolute Gasteiger partial charge is 0.295 e. The average molecular weight is 809 g/mol. The highest BCUT2D eigenvalue weighted by atomic mass is 32.2. The van der Waals surface area contributed by atoms with E-state index in [0.717, 1.165) is 24.3 Å². The van der Waals surface area contributed by atoms with E-state index in [1.54, 1.807) is 0 Å². The number of anilines is 2. The number of aliphatic hydroxyl groups is 2. The number of nitrogens with one attached hydrogen (secondary N) is 2. The molecule has 2 heterocycles. The highest BCUT2D eigenvalue weighted by molar-refractivity contribution is 7.86. The molecular formula is C34H40N12O8S2. The van der Waals surface area contributed by atoms with E-state index in [4.69, 9.17) is 0 Å². The third-order valence-electron chi connectivity index (χ3n) is 7.65. The lowest BCUT2D eigenvalue weighted by Gasteiger charge is -2.18. The summed E-state index contributed by atoms with van der Waals surface area (Å²) in [5.41, 5.74) is -0.424. The molecule has 0 spiro atoms. The Morgan fingerprint density at radius 1 is 0.661 bits per heavy atom. The van der Waals surface area contributed by atoms with Crippen molar-refractivity contribution < 1.29 is 36.2 Å². The van der Waals surface area contributed by atoms with Gasteiger partial charge in [-0.1, -0.05) is 37.4 Å². The van der Waals surface area contributed by atoms with Gasteiger partial charge in [0, 0.05) is 26.2 Å². The summed E-state index contributed by atoms with van der Waals surface area (Å²) in [5.74, 6) is -0.373. The predicted molar refractivity (Wildman–Crippen MR) is 212 cm³/mol. The number of aliphatic hydroxyl groups excluding tert-OH is 2. The second kappa shape index (κ2) is 18.3. The maximum absolute atomic E-state index is 12.5. The molecule has 0 saturated heterocycles. The number of hydrogen-bond acceptors (Lipinski definition) is 14. The molecule has 0 aliphatic rings. The quantitative estimate of drug-likeness (QED) is 0.0399. The number of nitrogens with zero attached hydrogens (tertiary/aromatic N) is 10. The van der Waals surface area contributed by atoms with E-state index in [1.165, 1.54) is 36.4 Å². The third-order valence-corrected chi connectivity index (χ3v) is 9.47. The first-order valence-electron chi connectivity index (χ1n) is 16.8. The minimum absolute atomic E-state index is 0.0115. The van der Waals surface area contributed by atoms with Crippen LogP contribution in [0.25, 0.3) is 12.2 Å². The fourth-order valence-electron chi connectivity index (χ4n) is 4.92. The number of H-pyrrole nitrogens is 2. The second-order valence-electron chi connectivity index (χ2n) is 11.2. The lowest BCUT2D eigenvalue weighted by Crippen LogP contribution is -2.28. The molecule has 296 valence electrons. The van der Waals surface area contributed by atoms with Gasteiger partial charge in [0.15, 0.2) is 0 Å². The van der Waals surface area contributed by atoms with Crippen LogP contribution in [0, 0.1) is 0 Å². The Balaban J connectivity index is 1.82. The summed E-state index contributed by atoms with van der Waals surface area (Å²) in [6, 6.07) is 7.52. The van der Waals surface area contributed by atoms with Gasteiger partial charge in [-0.15, -0.1) is 0 Å². The van der Waals surface area contributed by atoms with Crippen molar-refractivity contribution in [2.45, 2.75) is 37.5 Å². The Hall–Kier alpha value is -6.36. The number of benzene rings is 2. The molecule has 0 radical (unpaired) electrons. The van der Waals surface area contributed by atoms with Crippen LogP contribution in [0.3, 0.4) is 0 Å². The van der Waals surface area contributed by atoms with E-state index in [0.29, 0.717) is 38.1 Å². The molecule has 0 atom stereocenters. The molecule has 0 aliphatic carbocycles. The number of aromatic nitrogens is 6. The van der Waals surface area contributed by atoms with Crippen molar-refractivity contribution in [2.24, 2.45) is 20.0 Å². The zero-order valence-electron chi connectivity index (χ0n) is 30.7. The topological polar surface area (TPSA) is 288 Å². The lowest BCUT2D eigenvalue weighted by molar-refractivity contribution is 0.480. The zero-order chi connectivity index (χ0) is 41.2. The highest BCUT2D eigenvalue weighted by Crippen LogP contribution is 2.27. The summed E-state index contributed by atoms with van der Waals surface area (Å²) in [7, 11) is -9.76. The van der Waals surface area contributed by atoms with Crippen LogP contribution in [-0.4, -0.2) is 104 Å². The van der Waals surface area contributed by atoms with E-state index in [2.05, 4.69) is 63.0 Å². The van der Waals surface area contributed by atoms with Crippen molar-refractivity contribution in [3.8, 4) is 0 Å². The van der Waals surface area contributed by atoms with Crippen LogP contribution in [0.4, 0.5) is 35.2 Å². The summed E-state index contributed by atoms with van der Waals surface area (Å²) in [4.78, 5) is 41.8. The lowest BCUT2D eigenvalue weighted by atomic mass is 10.1. The highest BCUT2D eigenvalue weighted by Gasteiger charge is 2.18. The first-order valence-corrected chi connectivity index (χ1v) is 19.7. The molecule has 0 fully saturated rings. The molecule has 0 unspecified atom stereocenters. The Kier molecular flexibility index (Phi) is 13.9. The summed E-state index contributed by atoms with van der Waals surface area (Å²) in [6.07, 6.45) is 4.63. The molecule has 2 aromatic carbocycles. The number of rotatable bonds is 16. The Morgan fingerprint density at radius 2 is 1.02 bits per heavy atom. The molecule has 0 aliphatic heterocycles. The van der Waals surface area contributed by atoms with Crippen LogP contribution < -0.4 is 21.0 Å². The van der Waals surface area contributed by atoms with Crippen molar-refractivity contribution in [1.29, 1.82) is 0 Å². The fraction of sp³-hybridized carbons (Fsp3) is 0.235. The van der Waals surface area contributed by atoms with Crippen LogP contribution in [0.1, 0.15) is 38.8 Å². The Morgan fingerprint density at radius 3 is 1.32 bits per heavy atom. The van der Waals surface area contributed by atoms with Crippen molar-refractivity contribution in [2.75, 3.05) is 36.0 Å². The molecule has 20 nitrogen and oxygen atoms in total. The van der Waals surface area contributed by atoms with Gasteiger partial charge in [0.1, 0.15) is 9.79 Å². The van der Waals surface area contributed by atoms with Crippen LogP contribution in [0.15, 0.2) is 91.5 Å². The van der Waals surface area contributed by atoms with Gasteiger partial charge in [-0.3, -0.25) is 19.1 Å². The fourth-order valence-corrected chi connectivity index (χ4v) is 6.33. The van der Waals surface area contributed by atoms with Crippen LogP contribution >= 0.6 is 0 Å². The van der Waals surface area contributed by atoms with Gasteiger partial charge >= 0.3 is 0 Å². The van der Waals surface area contributed by atoms with Gasteiger partial charge < -0.3 is 20.0 Å². The van der Waals surface area contributed by atoms with E-state index < -0.39 is 41.8 Å². The van der Waals surface area contributed by atoms with Gasteiger partial charge in [0.05, 0.1) is 11.4 Å². The second-order valence-corrected chi connectivity index (χ2v) is 14.0. The molecule has 4 rings (SSSR count). The summed E-state index contributed by atoms with van der Waals surface area (Å²) in [5, 5.41) is 19.8. The maximum Gasteiger partial charge on any atom is 0.295 e. The van der Waals surface area contributed by atoms with Crippen molar-refractivity contribution in [3.05, 3.63) is 84.1 Å². The van der Waals surface area contributed by atoms with Crippen LogP contribution in [0.5, 0.6) is 0 Å². The van der Waals surface area contributed by atoms with E-state index in [1.807, 2.05) is 37.5 Å². The number of hydrogen-bond donors (Lipinski definition) is 6. The molecule has 0 saturated carbocycles. The van der Waals surface area contributed by atoms with E-state index in [9.17, 15) is 36.2 Å². The number of aliphatic imine (C=N–C) groups is 2. The SMILES string of the molecule is C=CC(O)=Nc1nc(=Nc2ccc(/C=C/c3ccc(N=c4nc(N=C(O)C=C)[nH]c(N(CC)CC)n4)cc3S(=O)(=O)O)c(S(=O)(=O)O)c2)nc(N(CC)CC)[nH]1. The van der Waals surface area contributed by atoms with Crippen molar-refractivity contribution in [3.63, 3.8) is 0 Å². The maximum atomic E-state index is 12.5. The van der Waals surface area contributed by atoms with Gasteiger partial charge in [-0.05, 0) is 75.2 Å². The molecule has 0 bridgehead atoms. The molecule has 6 N–H and O–H groups in total. The van der Waals surface area contributed by atoms with Crippen LogP contribution in [0.2, 0.25) is 0 Å². The standard InChI is InChI=1S/C34H40N12O8S2/c1-7-27(47)37-31-39-29(41-33(43-31)45(9-3)10-4)35-23-17-15-21(25(19-23)55(49,50)51)13-14-22-16-18-24(20-26(22)56(52,53)54)36-30-40-32(38-28(48)8-2)44-34(42-30)46(11-5)12-6/h7-8,13-20H,1-2,9-12H2,3-6H3,(H,49,50,51)(H,52,53,54)(H2,35,37,39,41,43,47)(H2,36,38,40,42,44,48)/b14-13+. The molecule has 22 heteroatoms. The molecule has 56 heavy (non-hydrogen) atoms. The van der Waals surface area contributed by atoms with Gasteiger partial charge in [0.2, 0.25) is 35.6 Å². The molecular weight excluding hydrogens is 769 g/mol. The molecule has 0 amide bonds. The number of aromatic amines is 2. The summed E-state index contributed by atoms with van der Waals surface area (Å²) < 4.78 is 70.4. The largest absolute Gasteiger partial charge is 0.493 e. The molecule has 2 aromatic heterocycles. The minimum atomic E-state index is -4.88. The summed E-state index contributed by atoms with van der Waals surface area (Å²) in [6.45, 7) is 16.6. The minimum Gasteiger partial charge on any atom is -0.493 e. The zero-order valence-corrected chi connectivity index (χ0v) is 32.4. The van der Waals surface area contributed by atoms with Gasteiger partial charge in [-0.25, -0.2) is 9.98 Å². The van der Waals surface area contributed by atoms with Crippen molar-refractivity contribution >= 4 is 79.4 Å². The molecule has 4 aromatic rings. The third kappa shape index (κ3) is 11.1. The van der Waals surface area contributed by atoms with Crippen molar-refractivity contribution in [1.82, 2.24) is 29.9 Å². The average Bonchev–Trinajstić information content (AvgIpc) is 3.14. The van der Waals surface area contributed by atoms with Crippen LogP contribution in [-0.2, 0) is 20.2 Å². The Bertz CT molecular complexity index is 2400. The summed E-state index contributed by atoms with van der Waals surface area (Å²) >= 11 is 0. The van der Waals surface area contributed by atoms with Gasteiger partial charge in [-0.2, -0.15) is 46.8 Å². The predicted octanol–water partition coefficient (Wildman–Crippen LogP) is 4.29. The normalized spacial score (nSPS) is 13.3. The van der Waals surface area contributed by atoms with E-state index >= 15 is 0 Å². The van der Waals surface area contributed by atoms with E-state index in [-0.39, 0.29) is 45.6 Å².